The van der Waals surface area contributed by atoms with E-state index in [1.54, 1.807) is 32.4 Å². The van der Waals surface area contributed by atoms with Crippen molar-refractivity contribution in [2.75, 3.05) is 12.9 Å². The summed E-state index contributed by atoms with van der Waals surface area (Å²) >= 11 is 6.02. The highest BCUT2D eigenvalue weighted by atomic mass is 35.5. The van der Waals surface area contributed by atoms with Crippen molar-refractivity contribution in [1.29, 1.82) is 0 Å². The van der Waals surface area contributed by atoms with Crippen molar-refractivity contribution < 1.29 is 13.2 Å². The fraction of sp³-hybridized carbons (Fsp3) is 0.316. The average molecular weight is 378 g/mol. The fourth-order valence-electron chi connectivity index (χ4n) is 3.15. The Morgan fingerprint density at radius 3 is 2.36 bits per heavy atom. The summed E-state index contributed by atoms with van der Waals surface area (Å²) in [6, 6.07) is 9.08. The molecular weight excluding hydrogens is 358 g/mol. The van der Waals surface area contributed by atoms with Gasteiger partial charge in [-0.1, -0.05) is 30.7 Å². The Bertz CT molecular complexity index is 918. The van der Waals surface area contributed by atoms with Crippen molar-refractivity contribution in [2.45, 2.75) is 31.1 Å². The van der Waals surface area contributed by atoms with Gasteiger partial charge in [-0.3, -0.25) is 0 Å². The van der Waals surface area contributed by atoms with E-state index in [1.165, 1.54) is 11.1 Å². The molecule has 0 atom stereocenters. The van der Waals surface area contributed by atoms with E-state index in [0.29, 0.717) is 15.8 Å². The minimum absolute atomic E-state index is 0.108. The summed E-state index contributed by atoms with van der Waals surface area (Å²) in [4.78, 5) is 4.58. The van der Waals surface area contributed by atoms with Gasteiger partial charge in [0.1, 0.15) is 0 Å². The Balaban J connectivity index is 2.02. The topological polar surface area (TPSA) is 56.3 Å². The maximum atomic E-state index is 12.0. The fourth-order valence-corrected chi connectivity index (χ4v) is 4.21. The van der Waals surface area contributed by atoms with E-state index in [4.69, 9.17) is 16.3 Å². The van der Waals surface area contributed by atoms with Gasteiger partial charge in [-0.05, 0) is 54.2 Å². The van der Waals surface area contributed by atoms with Gasteiger partial charge in [0.15, 0.2) is 20.7 Å². The Morgan fingerprint density at radius 1 is 1.12 bits per heavy atom. The summed E-state index contributed by atoms with van der Waals surface area (Å²) < 4.78 is 29.2. The van der Waals surface area contributed by atoms with Gasteiger partial charge in [0.05, 0.1) is 17.8 Å². The van der Waals surface area contributed by atoms with Crippen molar-refractivity contribution in [1.82, 2.24) is 4.98 Å². The van der Waals surface area contributed by atoms with Crippen LogP contribution in [0, 0.1) is 0 Å². The van der Waals surface area contributed by atoms with Crippen LogP contribution in [0.25, 0.3) is 11.1 Å². The second-order valence-corrected chi connectivity index (χ2v) is 8.59. The van der Waals surface area contributed by atoms with E-state index in [-0.39, 0.29) is 5.75 Å². The molecule has 0 saturated heterocycles. The van der Waals surface area contributed by atoms with E-state index in [0.717, 1.165) is 30.4 Å². The highest BCUT2D eigenvalue weighted by Crippen LogP contribution is 2.41. The van der Waals surface area contributed by atoms with Gasteiger partial charge >= 0.3 is 0 Å². The molecular formula is C19H20ClNO3S. The van der Waals surface area contributed by atoms with Gasteiger partial charge < -0.3 is 4.74 Å². The van der Waals surface area contributed by atoms with Crippen LogP contribution in [-0.4, -0.2) is 26.3 Å². The molecule has 2 aromatic rings. The SMILES string of the molecule is CCS(=O)(=O)c1ccc(C2=C(c3cnc(Cl)c(OC)c3)CCC2)cc1. The molecule has 25 heavy (non-hydrogen) atoms. The van der Waals surface area contributed by atoms with Gasteiger partial charge in [0.25, 0.3) is 0 Å². The summed E-state index contributed by atoms with van der Waals surface area (Å²) in [5.41, 5.74) is 4.50. The highest BCUT2D eigenvalue weighted by Gasteiger charge is 2.20. The van der Waals surface area contributed by atoms with E-state index in [9.17, 15) is 8.42 Å². The average Bonchev–Trinajstić information content (AvgIpc) is 3.12. The molecule has 0 spiro atoms. The maximum Gasteiger partial charge on any atom is 0.178 e. The van der Waals surface area contributed by atoms with Crippen LogP contribution < -0.4 is 4.74 Å². The Morgan fingerprint density at radius 2 is 1.76 bits per heavy atom. The normalized spacial score (nSPS) is 14.8. The van der Waals surface area contributed by atoms with E-state index >= 15 is 0 Å². The number of nitrogens with zero attached hydrogens (tertiary/aromatic N) is 1. The van der Waals surface area contributed by atoms with Gasteiger partial charge in [-0.25, -0.2) is 13.4 Å². The minimum Gasteiger partial charge on any atom is -0.494 e. The third kappa shape index (κ3) is 3.58. The van der Waals surface area contributed by atoms with Crippen molar-refractivity contribution >= 4 is 32.6 Å². The molecule has 0 unspecified atom stereocenters. The molecule has 0 radical (unpaired) electrons. The molecule has 0 aliphatic heterocycles. The van der Waals surface area contributed by atoms with Crippen LogP contribution in [0.5, 0.6) is 5.75 Å². The summed E-state index contributed by atoms with van der Waals surface area (Å²) in [5, 5.41) is 0.348. The molecule has 0 saturated carbocycles. The molecule has 1 aromatic heterocycles. The number of hydrogen-bond donors (Lipinski definition) is 0. The maximum absolute atomic E-state index is 12.0. The molecule has 1 heterocycles. The molecule has 6 heteroatoms. The zero-order valence-corrected chi connectivity index (χ0v) is 15.8. The van der Waals surface area contributed by atoms with Crippen LogP contribution in [0.4, 0.5) is 0 Å². The second kappa shape index (κ2) is 7.18. The third-order valence-electron chi connectivity index (χ3n) is 4.54. The predicted molar refractivity (Wildman–Crippen MR) is 101 cm³/mol. The predicted octanol–water partition coefficient (Wildman–Crippen LogP) is 4.63. The number of rotatable bonds is 5. The number of aromatic nitrogens is 1. The lowest BCUT2D eigenvalue weighted by Gasteiger charge is -2.11. The van der Waals surface area contributed by atoms with Gasteiger partial charge in [0, 0.05) is 11.8 Å². The number of halogens is 1. The number of methoxy groups -OCH3 is 1. The summed E-state index contributed by atoms with van der Waals surface area (Å²) in [6.07, 6.45) is 4.74. The third-order valence-corrected chi connectivity index (χ3v) is 6.57. The van der Waals surface area contributed by atoms with Crippen LogP contribution in [0.3, 0.4) is 0 Å². The van der Waals surface area contributed by atoms with E-state index < -0.39 is 9.84 Å². The van der Waals surface area contributed by atoms with Crippen LogP contribution in [0.2, 0.25) is 5.15 Å². The second-order valence-electron chi connectivity index (χ2n) is 5.96. The summed E-state index contributed by atoms with van der Waals surface area (Å²) in [5.74, 6) is 0.665. The van der Waals surface area contributed by atoms with Gasteiger partial charge in [-0.2, -0.15) is 0 Å². The van der Waals surface area contributed by atoms with Gasteiger partial charge in [0.2, 0.25) is 0 Å². The van der Waals surface area contributed by atoms with Crippen molar-refractivity contribution in [3.63, 3.8) is 0 Å². The van der Waals surface area contributed by atoms with Gasteiger partial charge in [-0.15, -0.1) is 0 Å². The number of allylic oxidation sites excluding steroid dienone is 2. The van der Waals surface area contributed by atoms with Crippen molar-refractivity contribution in [2.24, 2.45) is 0 Å². The molecule has 132 valence electrons. The molecule has 3 rings (SSSR count). The smallest absolute Gasteiger partial charge is 0.178 e. The molecule has 0 amide bonds. The molecule has 0 N–H and O–H groups in total. The first-order valence-electron chi connectivity index (χ1n) is 8.21. The monoisotopic (exact) mass is 377 g/mol. The number of benzene rings is 1. The van der Waals surface area contributed by atoms with Crippen molar-refractivity contribution in [3.05, 3.63) is 52.8 Å². The van der Waals surface area contributed by atoms with E-state index in [1.807, 2.05) is 18.2 Å². The summed E-state index contributed by atoms with van der Waals surface area (Å²) in [7, 11) is -1.60. The first-order chi connectivity index (χ1) is 12.0. The molecule has 1 aliphatic carbocycles. The van der Waals surface area contributed by atoms with E-state index in [2.05, 4.69) is 4.98 Å². The number of pyridine rings is 1. The lowest BCUT2D eigenvalue weighted by Crippen LogP contribution is -2.03. The standard InChI is InChI=1S/C19H20ClNO3S/c1-3-25(22,23)15-9-7-13(8-10-15)16-5-4-6-17(16)14-11-18(24-2)19(20)21-12-14/h7-12H,3-6H2,1-2H3. The number of ether oxygens (including phenoxy) is 1. The Hall–Kier alpha value is -1.85. The lowest BCUT2D eigenvalue weighted by molar-refractivity contribution is 0.413. The van der Waals surface area contributed by atoms with Crippen LogP contribution in [-0.2, 0) is 9.84 Å². The molecule has 0 bridgehead atoms. The molecule has 1 aliphatic rings. The lowest BCUT2D eigenvalue weighted by atomic mass is 9.98. The van der Waals surface area contributed by atoms with Crippen molar-refractivity contribution in [3.8, 4) is 5.75 Å². The van der Waals surface area contributed by atoms with Crippen LogP contribution >= 0.6 is 11.6 Å². The Kier molecular flexibility index (Phi) is 5.16. The largest absolute Gasteiger partial charge is 0.494 e. The first kappa shape index (κ1) is 18.0. The first-order valence-corrected chi connectivity index (χ1v) is 10.2. The highest BCUT2D eigenvalue weighted by molar-refractivity contribution is 7.91. The zero-order chi connectivity index (χ0) is 18.0. The number of hydrogen-bond acceptors (Lipinski definition) is 4. The van der Waals surface area contributed by atoms with Crippen LogP contribution in [0.15, 0.2) is 41.4 Å². The van der Waals surface area contributed by atoms with Crippen LogP contribution in [0.1, 0.15) is 37.3 Å². The zero-order valence-electron chi connectivity index (χ0n) is 14.3. The molecule has 1 aromatic carbocycles. The Labute approximate surface area is 153 Å². The number of sulfone groups is 1. The summed E-state index contributed by atoms with van der Waals surface area (Å²) in [6.45, 7) is 1.65. The minimum atomic E-state index is -3.18. The molecule has 0 fully saturated rings. The molecule has 4 nitrogen and oxygen atoms in total. The quantitative estimate of drug-likeness (QED) is 0.712.